The maximum atomic E-state index is 9.32. The lowest BCUT2D eigenvalue weighted by Crippen LogP contribution is -2.02. The zero-order valence-electron chi connectivity index (χ0n) is 39.0. The minimum absolute atomic E-state index is 0.0882. The van der Waals surface area contributed by atoms with Gasteiger partial charge in [-0.2, -0.15) is 0 Å². The molecule has 8 aromatic carbocycles. The standard InChI is InChI=1S/C47H34N2/c1-2-45-48-42-21-11-13-23-44(42)49(45)43-22-12-10-16-37(43)34-26-30-36(31-27-34)47-40-19-8-6-17-38(40)46(39-18-7-9-20-41(39)47)35-28-24-33(25-29-35)32-14-4-3-5-15-32/h3-31H,2H2,1H3/i1D3,2D2,6D,7D,8D,9D,17D,18D,19D,20D. The number of imidazole rings is 1. The van der Waals surface area contributed by atoms with E-state index in [9.17, 15) is 5.48 Å². The monoisotopic (exact) mass is 639 g/mol. The Balaban J connectivity index is 1.31. The minimum Gasteiger partial charge on any atom is -0.296 e. The predicted octanol–water partition coefficient (Wildman–Crippen LogP) is 12.6. The summed E-state index contributed by atoms with van der Waals surface area (Å²) in [5.41, 5.74) is 5.78. The van der Waals surface area contributed by atoms with Gasteiger partial charge >= 0.3 is 0 Å². The van der Waals surface area contributed by atoms with Crippen molar-refractivity contribution in [3.8, 4) is 50.2 Å². The molecular weight excluding hydrogens is 593 g/mol. The van der Waals surface area contributed by atoms with E-state index in [1.807, 2.05) is 48.5 Å². The van der Waals surface area contributed by atoms with Gasteiger partial charge in [-0.25, -0.2) is 4.98 Å². The number of fused-ring (bicyclic) bond motifs is 3. The first-order chi connectivity index (χ1) is 29.5. The summed E-state index contributed by atoms with van der Waals surface area (Å²) >= 11 is 0. The average molecular weight is 640 g/mol. The molecule has 2 heteroatoms. The molecular formula is C47H34N2. The second-order valence-corrected chi connectivity index (χ2v) is 11.7. The van der Waals surface area contributed by atoms with Crippen LogP contribution in [0.1, 0.15) is 30.5 Å². The molecule has 0 saturated carbocycles. The maximum absolute atomic E-state index is 9.32. The van der Waals surface area contributed by atoms with E-state index in [4.69, 9.17) is 12.3 Å². The second-order valence-electron chi connectivity index (χ2n) is 11.7. The van der Waals surface area contributed by atoms with Crippen LogP contribution in [0.2, 0.25) is 0 Å². The molecule has 0 amide bonds. The van der Waals surface area contributed by atoms with Crippen LogP contribution in [0.5, 0.6) is 0 Å². The summed E-state index contributed by atoms with van der Waals surface area (Å²) in [6.07, 6.45) is -2.83. The van der Waals surface area contributed by atoms with Crippen LogP contribution in [0.15, 0.2) is 176 Å². The summed E-state index contributed by atoms with van der Waals surface area (Å²) in [5, 5.41) is 0.386. The van der Waals surface area contributed by atoms with Gasteiger partial charge in [-0.05, 0) is 78.7 Å². The summed E-state index contributed by atoms with van der Waals surface area (Å²) in [6.45, 7) is -3.04. The van der Waals surface area contributed by atoms with E-state index in [0.29, 0.717) is 39.0 Å². The first-order valence-electron chi connectivity index (χ1n) is 22.3. The Hall–Kier alpha value is -6.25. The molecule has 9 aromatic rings. The molecule has 232 valence electrons. The van der Waals surface area contributed by atoms with Crippen molar-refractivity contribution in [3.05, 3.63) is 182 Å². The van der Waals surface area contributed by atoms with E-state index in [2.05, 4.69) is 4.98 Å². The van der Waals surface area contributed by atoms with Gasteiger partial charge in [-0.3, -0.25) is 4.57 Å². The van der Waals surface area contributed by atoms with Gasteiger partial charge in [0.25, 0.3) is 0 Å². The molecule has 0 spiro atoms. The van der Waals surface area contributed by atoms with Gasteiger partial charge in [0.1, 0.15) is 5.82 Å². The molecule has 0 aliphatic rings. The molecule has 1 aromatic heterocycles. The number of aryl methyl sites for hydroxylation is 1. The maximum Gasteiger partial charge on any atom is 0.114 e. The van der Waals surface area contributed by atoms with Gasteiger partial charge in [0, 0.05) is 18.8 Å². The normalized spacial score (nSPS) is 15.8. The van der Waals surface area contributed by atoms with Crippen LogP contribution in [-0.4, -0.2) is 9.55 Å². The zero-order chi connectivity index (χ0) is 44.0. The Bertz CT molecular complexity index is 3190. The smallest absolute Gasteiger partial charge is 0.114 e. The van der Waals surface area contributed by atoms with E-state index in [-0.39, 0.29) is 62.7 Å². The van der Waals surface area contributed by atoms with Crippen LogP contribution in [0.4, 0.5) is 0 Å². The number of benzene rings is 8. The fourth-order valence-electron chi connectivity index (χ4n) is 6.75. The van der Waals surface area contributed by atoms with Crippen molar-refractivity contribution in [1.29, 1.82) is 0 Å². The number of rotatable bonds is 6. The Kier molecular flexibility index (Phi) is 4.52. The van der Waals surface area contributed by atoms with Crippen molar-refractivity contribution >= 4 is 32.6 Å². The number of para-hydroxylation sites is 3. The topological polar surface area (TPSA) is 17.8 Å². The van der Waals surface area contributed by atoms with Crippen LogP contribution in [0.25, 0.3) is 82.8 Å². The van der Waals surface area contributed by atoms with Crippen molar-refractivity contribution in [3.63, 3.8) is 0 Å². The molecule has 0 fully saturated rings. The largest absolute Gasteiger partial charge is 0.296 e. The summed E-state index contributed by atoms with van der Waals surface area (Å²) in [4.78, 5) is 4.48. The van der Waals surface area contributed by atoms with Crippen molar-refractivity contribution in [2.75, 3.05) is 0 Å². The van der Waals surface area contributed by atoms with Crippen LogP contribution in [-0.2, 0) is 6.37 Å². The highest BCUT2D eigenvalue weighted by molar-refractivity contribution is 6.21. The zero-order valence-corrected chi connectivity index (χ0v) is 26.0. The SMILES string of the molecule is [2H]c1c([2H])c([2H])c2c(-c3ccc(-c4ccccc4-n4c(C([2H])([2H])C([2H])([2H])[2H])nc5ccccc54)cc3)c3c([2H])c([2H])c([2H])c([2H])c3c(-c3ccc(-c4ccccc4)cc3)c2c1[2H]. The number of nitrogens with zero attached hydrogens (tertiary/aromatic N) is 2. The third kappa shape index (κ3) is 4.92. The molecule has 0 bridgehead atoms. The van der Waals surface area contributed by atoms with Crippen molar-refractivity contribution in [2.45, 2.75) is 13.2 Å². The van der Waals surface area contributed by atoms with Gasteiger partial charge in [0.2, 0.25) is 0 Å². The number of hydrogen-bond acceptors (Lipinski definition) is 1. The lowest BCUT2D eigenvalue weighted by molar-refractivity contribution is 0.909. The summed E-state index contributed by atoms with van der Waals surface area (Å²) in [5.74, 6) is -0.293. The quantitative estimate of drug-likeness (QED) is 0.166. The molecule has 2 nitrogen and oxygen atoms in total. The molecule has 0 aliphatic heterocycles. The molecule has 0 saturated heterocycles. The third-order valence-corrected chi connectivity index (χ3v) is 8.96. The van der Waals surface area contributed by atoms with E-state index in [0.717, 1.165) is 11.1 Å². The van der Waals surface area contributed by atoms with Crippen LogP contribution in [0.3, 0.4) is 0 Å². The molecule has 0 unspecified atom stereocenters. The van der Waals surface area contributed by atoms with Gasteiger partial charge in [-0.1, -0.05) is 164 Å². The van der Waals surface area contributed by atoms with Crippen LogP contribution in [0, 0.1) is 0 Å². The minimum atomic E-state index is -3.04. The first-order valence-corrected chi connectivity index (χ1v) is 15.8. The van der Waals surface area contributed by atoms with Crippen molar-refractivity contribution < 1.29 is 17.8 Å². The molecule has 0 aliphatic carbocycles. The lowest BCUT2D eigenvalue weighted by Gasteiger charge is -2.18. The highest BCUT2D eigenvalue weighted by Gasteiger charge is 2.18. The number of hydrogen-bond donors (Lipinski definition) is 0. The van der Waals surface area contributed by atoms with Crippen LogP contribution < -0.4 is 0 Å². The third-order valence-electron chi connectivity index (χ3n) is 8.96. The Labute approximate surface area is 304 Å². The highest BCUT2D eigenvalue weighted by Crippen LogP contribution is 2.44. The fourth-order valence-corrected chi connectivity index (χ4v) is 6.75. The lowest BCUT2D eigenvalue weighted by atomic mass is 9.85. The molecule has 0 N–H and O–H groups in total. The van der Waals surface area contributed by atoms with E-state index in [1.54, 1.807) is 78.9 Å². The van der Waals surface area contributed by atoms with Gasteiger partial charge < -0.3 is 0 Å². The van der Waals surface area contributed by atoms with Gasteiger partial charge in [0.15, 0.2) is 0 Å². The van der Waals surface area contributed by atoms with E-state index >= 15 is 0 Å². The molecule has 0 radical (unpaired) electrons. The molecule has 1 heterocycles. The van der Waals surface area contributed by atoms with Gasteiger partial charge in [-0.15, -0.1) is 0 Å². The Morgan fingerprint density at radius 3 is 1.63 bits per heavy atom. The van der Waals surface area contributed by atoms with Crippen molar-refractivity contribution in [2.24, 2.45) is 0 Å². The first kappa shape index (κ1) is 18.3. The van der Waals surface area contributed by atoms with E-state index < -0.39 is 37.4 Å². The fraction of sp³-hybridized carbons (Fsp3) is 0.0426. The number of aromatic nitrogens is 2. The summed E-state index contributed by atoms with van der Waals surface area (Å²) in [7, 11) is 0. The molecule has 49 heavy (non-hydrogen) atoms. The molecule has 0 atom stereocenters. The highest BCUT2D eigenvalue weighted by atomic mass is 15.1. The average Bonchev–Trinajstić information content (AvgIpc) is 3.68. The molecule has 9 rings (SSSR count). The predicted molar refractivity (Wildman–Crippen MR) is 207 cm³/mol. The Morgan fingerprint density at radius 2 is 1.02 bits per heavy atom. The second kappa shape index (κ2) is 12.1. The van der Waals surface area contributed by atoms with E-state index in [1.165, 1.54) is 4.57 Å². The van der Waals surface area contributed by atoms with Crippen molar-refractivity contribution in [1.82, 2.24) is 9.55 Å². The summed E-state index contributed by atoms with van der Waals surface area (Å²) < 4.78 is 115. The van der Waals surface area contributed by atoms with Crippen LogP contribution >= 0.6 is 0 Å². The van der Waals surface area contributed by atoms with Gasteiger partial charge in [0.05, 0.1) is 27.7 Å². The Morgan fingerprint density at radius 1 is 0.531 bits per heavy atom. The summed E-state index contributed by atoms with van der Waals surface area (Å²) in [6, 6.07) is 34.6.